The zero-order valence-electron chi connectivity index (χ0n) is 11.7. The molecular weight excluding hydrogens is 236 g/mol. The van der Waals surface area contributed by atoms with Gasteiger partial charge in [0.05, 0.1) is 0 Å². The van der Waals surface area contributed by atoms with Crippen molar-refractivity contribution in [3.05, 3.63) is 36.2 Å². The molecule has 102 valence electrons. The van der Waals surface area contributed by atoms with Gasteiger partial charge in [0.2, 0.25) is 0 Å². The number of nitrogens with zero attached hydrogens (tertiary/aromatic N) is 2. The van der Waals surface area contributed by atoms with Crippen LogP contribution in [-0.4, -0.2) is 43.6 Å². The Hall–Kier alpha value is -1.65. The molecule has 3 N–H and O–H groups in total. The molecule has 0 amide bonds. The third kappa shape index (κ3) is 3.43. The van der Waals surface area contributed by atoms with Crippen LogP contribution in [0.25, 0.3) is 10.8 Å². The topological polar surface area (TPSA) is 54.2 Å². The number of benzene rings is 1. The molecule has 0 aliphatic rings. The third-order valence-electron chi connectivity index (χ3n) is 3.14. The van der Waals surface area contributed by atoms with E-state index in [0.29, 0.717) is 6.54 Å². The number of hydrogen-bond donors (Lipinski definition) is 2. The van der Waals surface area contributed by atoms with Gasteiger partial charge in [-0.1, -0.05) is 12.1 Å². The van der Waals surface area contributed by atoms with Crippen LogP contribution in [-0.2, 0) is 6.42 Å². The van der Waals surface area contributed by atoms with Crippen LogP contribution >= 0.6 is 0 Å². The molecule has 2 aromatic rings. The molecule has 1 heterocycles. The maximum atomic E-state index is 5.55. The fourth-order valence-corrected chi connectivity index (χ4v) is 2.16. The van der Waals surface area contributed by atoms with Gasteiger partial charge in [-0.3, -0.25) is 4.98 Å². The molecule has 0 bridgehead atoms. The van der Waals surface area contributed by atoms with E-state index >= 15 is 0 Å². The lowest BCUT2D eigenvalue weighted by Gasteiger charge is -2.13. The largest absolute Gasteiger partial charge is 0.383 e. The van der Waals surface area contributed by atoms with Crippen molar-refractivity contribution in [3.63, 3.8) is 0 Å². The summed E-state index contributed by atoms with van der Waals surface area (Å²) >= 11 is 0. The fraction of sp³-hybridized carbons (Fsp3) is 0.400. The lowest BCUT2D eigenvalue weighted by atomic mass is 10.1. The summed E-state index contributed by atoms with van der Waals surface area (Å²) in [5.41, 5.74) is 7.84. The molecule has 4 heteroatoms. The molecule has 1 aromatic carbocycles. The quantitative estimate of drug-likeness (QED) is 0.828. The summed E-state index contributed by atoms with van der Waals surface area (Å²) in [7, 11) is 4.17. The fourth-order valence-electron chi connectivity index (χ4n) is 2.16. The van der Waals surface area contributed by atoms with E-state index in [-0.39, 0.29) is 0 Å². The maximum Gasteiger partial charge on any atom is 0.0495 e. The number of nitrogens with two attached hydrogens (primary N) is 1. The Morgan fingerprint density at radius 2 is 2.05 bits per heavy atom. The van der Waals surface area contributed by atoms with E-state index in [4.69, 9.17) is 5.73 Å². The van der Waals surface area contributed by atoms with Crippen LogP contribution in [0, 0.1) is 0 Å². The summed E-state index contributed by atoms with van der Waals surface area (Å²) in [5, 5.41) is 5.82. The molecule has 0 atom stereocenters. The van der Waals surface area contributed by atoms with Crippen LogP contribution in [0.3, 0.4) is 0 Å². The van der Waals surface area contributed by atoms with Gasteiger partial charge in [-0.15, -0.1) is 0 Å². The van der Waals surface area contributed by atoms with Crippen molar-refractivity contribution in [2.24, 2.45) is 5.73 Å². The van der Waals surface area contributed by atoms with Crippen molar-refractivity contribution in [2.75, 3.05) is 39.0 Å². The van der Waals surface area contributed by atoms with Gasteiger partial charge in [0.1, 0.15) is 0 Å². The number of pyridine rings is 1. The normalized spacial score (nSPS) is 11.2. The Bertz CT molecular complexity index is 537. The van der Waals surface area contributed by atoms with Crippen molar-refractivity contribution < 1.29 is 0 Å². The molecule has 1 aromatic heterocycles. The summed E-state index contributed by atoms with van der Waals surface area (Å²) in [6.45, 7) is 2.43. The standard InChI is InChI=1S/C15H22N4/c1-19(2)11-7-15-12-4-3-5-14(18-10-8-16)13(12)6-9-17-15/h3-6,9,18H,7-8,10-11,16H2,1-2H3. The number of anilines is 1. The molecule has 0 spiro atoms. The lowest BCUT2D eigenvalue weighted by Crippen LogP contribution is -2.16. The molecule has 0 fully saturated rings. The SMILES string of the molecule is CN(C)CCc1nccc2c(NCCN)cccc12. The van der Waals surface area contributed by atoms with Crippen LogP contribution in [0.2, 0.25) is 0 Å². The molecule has 0 radical (unpaired) electrons. The van der Waals surface area contributed by atoms with Gasteiger partial charge >= 0.3 is 0 Å². The molecule has 0 unspecified atom stereocenters. The number of rotatable bonds is 6. The van der Waals surface area contributed by atoms with E-state index in [2.05, 4.69) is 53.6 Å². The summed E-state index contributed by atoms with van der Waals surface area (Å²) in [6.07, 6.45) is 2.85. The highest BCUT2D eigenvalue weighted by molar-refractivity contribution is 5.95. The van der Waals surface area contributed by atoms with Gasteiger partial charge in [0.25, 0.3) is 0 Å². The first kappa shape index (κ1) is 13.8. The van der Waals surface area contributed by atoms with E-state index in [1.54, 1.807) is 0 Å². The van der Waals surface area contributed by atoms with Gasteiger partial charge in [0, 0.05) is 54.4 Å². The Labute approximate surface area is 114 Å². The number of hydrogen-bond acceptors (Lipinski definition) is 4. The number of aromatic nitrogens is 1. The monoisotopic (exact) mass is 258 g/mol. The molecule has 4 nitrogen and oxygen atoms in total. The minimum atomic E-state index is 0.634. The van der Waals surface area contributed by atoms with E-state index in [1.165, 1.54) is 10.8 Å². The summed E-state index contributed by atoms with van der Waals surface area (Å²) in [6, 6.07) is 8.37. The second-order valence-electron chi connectivity index (χ2n) is 4.93. The van der Waals surface area contributed by atoms with Crippen molar-refractivity contribution in [2.45, 2.75) is 6.42 Å². The average Bonchev–Trinajstić information content (AvgIpc) is 2.42. The molecule has 0 aliphatic carbocycles. The molecular formula is C15H22N4. The predicted molar refractivity (Wildman–Crippen MR) is 81.5 cm³/mol. The van der Waals surface area contributed by atoms with Crippen LogP contribution in [0.4, 0.5) is 5.69 Å². The second kappa shape index (κ2) is 6.50. The highest BCUT2D eigenvalue weighted by Gasteiger charge is 2.06. The third-order valence-corrected chi connectivity index (χ3v) is 3.14. The maximum absolute atomic E-state index is 5.55. The van der Waals surface area contributed by atoms with Crippen LogP contribution in [0.1, 0.15) is 5.69 Å². The first-order valence-corrected chi connectivity index (χ1v) is 6.67. The second-order valence-corrected chi connectivity index (χ2v) is 4.93. The Kier molecular flexibility index (Phi) is 4.71. The molecule has 0 aliphatic heterocycles. The van der Waals surface area contributed by atoms with Crippen molar-refractivity contribution >= 4 is 16.5 Å². The minimum absolute atomic E-state index is 0.634. The van der Waals surface area contributed by atoms with Gasteiger partial charge in [-0.05, 0) is 26.2 Å². The summed E-state index contributed by atoms with van der Waals surface area (Å²) in [4.78, 5) is 6.70. The van der Waals surface area contributed by atoms with Crippen LogP contribution < -0.4 is 11.1 Å². The van der Waals surface area contributed by atoms with Crippen molar-refractivity contribution in [1.82, 2.24) is 9.88 Å². The molecule has 19 heavy (non-hydrogen) atoms. The molecule has 0 saturated heterocycles. The van der Waals surface area contributed by atoms with E-state index in [0.717, 1.165) is 30.9 Å². The Morgan fingerprint density at radius 1 is 1.21 bits per heavy atom. The number of nitrogens with one attached hydrogen (secondary N) is 1. The van der Waals surface area contributed by atoms with E-state index in [1.807, 2.05) is 6.20 Å². The van der Waals surface area contributed by atoms with E-state index in [9.17, 15) is 0 Å². The van der Waals surface area contributed by atoms with E-state index < -0.39 is 0 Å². The zero-order chi connectivity index (χ0) is 13.7. The highest BCUT2D eigenvalue weighted by Crippen LogP contribution is 2.25. The van der Waals surface area contributed by atoms with Crippen LogP contribution in [0.5, 0.6) is 0 Å². The van der Waals surface area contributed by atoms with Gasteiger partial charge in [-0.2, -0.15) is 0 Å². The minimum Gasteiger partial charge on any atom is -0.383 e. The average molecular weight is 258 g/mol. The zero-order valence-corrected chi connectivity index (χ0v) is 11.7. The smallest absolute Gasteiger partial charge is 0.0495 e. The lowest BCUT2D eigenvalue weighted by molar-refractivity contribution is 0.412. The van der Waals surface area contributed by atoms with Gasteiger partial charge in [-0.25, -0.2) is 0 Å². The molecule has 0 saturated carbocycles. The number of fused-ring (bicyclic) bond motifs is 1. The van der Waals surface area contributed by atoms with Crippen molar-refractivity contribution in [3.8, 4) is 0 Å². The predicted octanol–water partition coefficient (Wildman–Crippen LogP) is 1.71. The first-order chi connectivity index (χ1) is 9.22. The van der Waals surface area contributed by atoms with Crippen LogP contribution in [0.15, 0.2) is 30.5 Å². The van der Waals surface area contributed by atoms with Gasteiger partial charge in [0.15, 0.2) is 0 Å². The summed E-state index contributed by atoms with van der Waals surface area (Å²) in [5.74, 6) is 0. The number of likely N-dealkylation sites (N-methyl/N-ethyl adjacent to an activating group) is 1. The molecule has 2 rings (SSSR count). The highest BCUT2D eigenvalue weighted by atomic mass is 15.0. The Balaban J connectivity index is 2.33. The Morgan fingerprint density at radius 3 is 2.79 bits per heavy atom. The first-order valence-electron chi connectivity index (χ1n) is 6.67. The van der Waals surface area contributed by atoms with Crippen molar-refractivity contribution in [1.29, 1.82) is 0 Å². The van der Waals surface area contributed by atoms with Gasteiger partial charge < -0.3 is 16.0 Å². The summed E-state index contributed by atoms with van der Waals surface area (Å²) < 4.78 is 0.